The van der Waals surface area contributed by atoms with Crippen molar-refractivity contribution >= 4 is 18.1 Å². The van der Waals surface area contributed by atoms with Crippen molar-refractivity contribution < 1.29 is 18.0 Å². The van der Waals surface area contributed by atoms with Crippen LogP contribution in [0.15, 0.2) is 29.3 Å². The molecule has 1 aromatic carbocycles. The van der Waals surface area contributed by atoms with Gasteiger partial charge < -0.3 is 0 Å². The van der Waals surface area contributed by atoms with Gasteiger partial charge in [0.25, 0.3) is 0 Å². The highest BCUT2D eigenvalue weighted by Crippen LogP contribution is 2.32. The monoisotopic (exact) mass is 464 g/mol. The van der Waals surface area contributed by atoms with E-state index in [1.165, 1.54) is 29.8 Å². The molecule has 1 unspecified atom stereocenters. The topological polar surface area (TPSA) is 47.9 Å². The molecular formula is C25H35F3N4O. The number of likely N-dealkylation sites (tertiary alicyclic amines) is 1. The maximum atomic E-state index is 15.0. The van der Waals surface area contributed by atoms with E-state index in [0.717, 1.165) is 38.6 Å². The quantitative estimate of drug-likeness (QED) is 0.331. The molecule has 1 aliphatic heterocycles. The molecule has 3 fully saturated rings. The van der Waals surface area contributed by atoms with Crippen molar-refractivity contribution in [1.29, 1.82) is 0 Å². The average molecular weight is 465 g/mol. The lowest BCUT2D eigenvalue weighted by atomic mass is 9.84. The number of piperidine rings is 1. The largest absolute Gasteiger partial charge is 0.327 e. The lowest BCUT2D eigenvalue weighted by Crippen LogP contribution is -2.54. The summed E-state index contributed by atoms with van der Waals surface area (Å²) in [5.74, 6) is 0.00898. The summed E-state index contributed by atoms with van der Waals surface area (Å²) in [5.41, 5.74) is 0.390. The molecule has 2 aliphatic carbocycles. The summed E-state index contributed by atoms with van der Waals surface area (Å²) in [6, 6.07) is 4.94. The molecule has 0 spiro atoms. The van der Waals surface area contributed by atoms with E-state index in [1.54, 1.807) is 12.1 Å². The maximum Gasteiger partial charge on any atom is 0.327 e. The summed E-state index contributed by atoms with van der Waals surface area (Å²) in [4.78, 5) is 20.6. The molecule has 1 N–H and O–H groups in total. The van der Waals surface area contributed by atoms with Crippen molar-refractivity contribution in [2.24, 2.45) is 16.8 Å². The summed E-state index contributed by atoms with van der Waals surface area (Å²) in [5, 5.41) is 2.64. The smallest absolute Gasteiger partial charge is 0.298 e. The third kappa shape index (κ3) is 6.28. The molecule has 0 radical (unpaired) electrons. The highest BCUT2D eigenvalue weighted by Gasteiger charge is 2.36. The molecule has 4 rings (SSSR count). The Morgan fingerprint density at radius 2 is 1.97 bits per heavy atom. The molecule has 1 aromatic rings. The molecule has 33 heavy (non-hydrogen) atoms. The molecule has 5 nitrogen and oxygen atoms in total. The van der Waals surface area contributed by atoms with E-state index in [1.807, 2.05) is 4.90 Å². The second-order valence-electron chi connectivity index (χ2n) is 9.76. The van der Waals surface area contributed by atoms with Crippen LogP contribution in [0.4, 0.5) is 23.7 Å². The van der Waals surface area contributed by atoms with Crippen molar-refractivity contribution in [3.05, 3.63) is 30.1 Å². The van der Waals surface area contributed by atoms with Crippen LogP contribution in [0, 0.1) is 17.7 Å². The number of halogens is 3. The van der Waals surface area contributed by atoms with Crippen LogP contribution < -0.4 is 10.2 Å². The van der Waals surface area contributed by atoms with Gasteiger partial charge in [0.05, 0.1) is 6.34 Å². The van der Waals surface area contributed by atoms with Crippen LogP contribution >= 0.6 is 0 Å². The van der Waals surface area contributed by atoms with Crippen LogP contribution in [0.2, 0.25) is 0 Å². The fourth-order valence-corrected chi connectivity index (χ4v) is 5.24. The first-order valence-corrected chi connectivity index (χ1v) is 12.4. The number of hydrogen-bond acceptors (Lipinski definition) is 3. The van der Waals surface area contributed by atoms with Gasteiger partial charge in [-0.2, -0.15) is 0 Å². The Bertz CT molecular complexity index is 819. The van der Waals surface area contributed by atoms with E-state index in [0.29, 0.717) is 37.5 Å². The number of alkyl halides is 2. The maximum absolute atomic E-state index is 15.0. The van der Waals surface area contributed by atoms with Crippen molar-refractivity contribution in [3.8, 4) is 0 Å². The van der Waals surface area contributed by atoms with Gasteiger partial charge in [-0.3, -0.25) is 20.1 Å². The van der Waals surface area contributed by atoms with Gasteiger partial charge in [-0.15, -0.1) is 0 Å². The van der Waals surface area contributed by atoms with E-state index in [2.05, 4.69) is 10.3 Å². The zero-order valence-corrected chi connectivity index (χ0v) is 19.1. The average Bonchev–Trinajstić information content (AvgIpc) is 2.76. The molecule has 1 heterocycles. The Kier molecular flexibility index (Phi) is 8.28. The van der Waals surface area contributed by atoms with E-state index in [9.17, 15) is 13.6 Å². The Morgan fingerprint density at radius 3 is 2.67 bits per heavy atom. The number of nitrogens with zero attached hydrogens (tertiary/aromatic N) is 3. The number of benzene rings is 1. The number of amides is 2. The first-order valence-electron chi connectivity index (χ1n) is 12.4. The Morgan fingerprint density at radius 1 is 1.15 bits per heavy atom. The van der Waals surface area contributed by atoms with Crippen molar-refractivity contribution in [2.75, 3.05) is 24.5 Å². The van der Waals surface area contributed by atoms with Crippen molar-refractivity contribution in [3.63, 3.8) is 0 Å². The fraction of sp³-hybridized carbons (Fsp3) is 0.680. The highest BCUT2D eigenvalue weighted by atomic mass is 19.1. The number of hydrogen-bond donors (Lipinski definition) is 1. The van der Waals surface area contributed by atoms with E-state index in [4.69, 9.17) is 0 Å². The van der Waals surface area contributed by atoms with Gasteiger partial charge in [0.2, 0.25) is 0 Å². The van der Waals surface area contributed by atoms with Gasteiger partial charge in [-0.25, -0.2) is 18.0 Å². The molecule has 2 amide bonds. The van der Waals surface area contributed by atoms with Crippen molar-refractivity contribution in [2.45, 2.75) is 76.3 Å². The minimum Gasteiger partial charge on any atom is -0.298 e. The number of rotatable bonds is 7. The predicted molar refractivity (Wildman–Crippen MR) is 124 cm³/mol. The zero-order valence-electron chi connectivity index (χ0n) is 19.1. The van der Waals surface area contributed by atoms with Crippen LogP contribution in [0.3, 0.4) is 0 Å². The summed E-state index contributed by atoms with van der Waals surface area (Å²) in [6.45, 7) is 1.66. The molecule has 3 aliphatic rings. The standard InChI is InChI=1S/C25H35F3N4O/c26-20-8-4-9-21(13-20)32(22-11-12-31(24(28)14-22)16-18-5-3-6-18)25(33)30-17-29-15-19-7-1-2-10-23(19)27/h4,8-9,13,17-19,22-24H,1-3,5-7,10-12,14-16H2,(H,29,30,33)/t19?,22-,23-,24-/m1/s1. The van der Waals surface area contributed by atoms with Gasteiger partial charge in [-0.05, 0) is 56.2 Å². The molecule has 0 aromatic heterocycles. The molecule has 1 saturated heterocycles. The van der Waals surface area contributed by atoms with Crippen LogP contribution in [0.1, 0.15) is 57.8 Å². The van der Waals surface area contributed by atoms with Crippen LogP contribution in [0.25, 0.3) is 0 Å². The highest BCUT2D eigenvalue weighted by molar-refractivity contribution is 5.98. The first-order chi connectivity index (χ1) is 16.0. The Balaban J connectivity index is 1.39. The van der Waals surface area contributed by atoms with Gasteiger partial charge in [0, 0.05) is 43.7 Å². The zero-order chi connectivity index (χ0) is 23.2. The number of carbonyl (C=O) groups is 1. The molecule has 4 atom stereocenters. The first kappa shape index (κ1) is 24.0. The van der Waals surface area contributed by atoms with Gasteiger partial charge >= 0.3 is 6.03 Å². The second kappa shape index (κ2) is 11.4. The summed E-state index contributed by atoms with van der Waals surface area (Å²) < 4.78 is 42.9. The predicted octanol–water partition coefficient (Wildman–Crippen LogP) is 5.46. The van der Waals surface area contributed by atoms with Crippen LogP contribution in [-0.2, 0) is 0 Å². The Hall–Kier alpha value is -2.09. The molecule has 0 bridgehead atoms. The lowest BCUT2D eigenvalue weighted by Gasteiger charge is -2.42. The minimum absolute atomic E-state index is 0.112. The second-order valence-corrected chi connectivity index (χ2v) is 9.76. The molecule has 2 saturated carbocycles. The van der Waals surface area contributed by atoms with Gasteiger partial charge in [-0.1, -0.05) is 25.3 Å². The fourth-order valence-electron chi connectivity index (χ4n) is 5.24. The van der Waals surface area contributed by atoms with Crippen LogP contribution in [0.5, 0.6) is 0 Å². The molecule has 8 heteroatoms. The molecular weight excluding hydrogens is 429 g/mol. The van der Waals surface area contributed by atoms with Gasteiger partial charge in [0.1, 0.15) is 12.0 Å². The summed E-state index contributed by atoms with van der Waals surface area (Å²) in [6.07, 6.45) is 6.95. The summed E-state index contributed by atoms with van der Waals surface area (Å²) >= 11 is 0. The van der Waals surface area contributed by atoms with Gasteiger partial charge in [0.15, 0.2) is 6.30 Å². The number of aliphatic imine (C=N–C) groups is 1. The number of carbonyl (C=O) groups excluding carboxylic acids is 1. The normalized spacial score (nSPS) is 29.1. The lowest BCUT2D eigenvalue weighted by molar-refractivity contribution is 0.0153. The third-order valence-corrected chi connectivity index (χ3v) is 7.44. The SMILES string of the molecule is O=C(NC=NCC1CCCC[C@H]1F)N(c1cccc(F)c1)[C@@H]1CCN(CC2CCC2)[C@@H](F)C1. The van der Waals surface area contributed by atoms with Crippen LogP contribution in [-0.4, -0.2) is 55.4 Å². The Labute approximate surface area is 194 Å². The number of nitrogens with one attached hydrogen (secondary N) is 1. The van der Waals surface area contributed by atoms with Crippen molar-refractivity contribution in [1.82, 2.24) is 10.2 Å². The number of urea groups is 1. The van der Waals surface area contributed by atoms with E-state index < -0.39 is 24.3 Å². The third-order valence-electron chi connectivity index (χ3n) is 7.44. The molecule has 182 valence electrons. The summed E-state index contributed by atoms with van der Waals surface area (Å²) in [7, 11) is 0. The number of anilines is 1. The van der Waals surface area contributed by atoms with E-state index in [-0.39, 0.29) is 18.4 Å². The minimum atomic E-state index is -1.13. The van der Waals surface area contributed by atoms with E-state index >= 15 is 4.39 Å².